The fourth-order valence-electron chi connectivity index (χ4n) is 1.37. The molecule has 0 spiro atoms. The molecule has 0 aliphatic heterocycles. The van der Waals surface area contributed by atoms with E-state index in [9.17, 15) is 0 Å². The zero-order valence-corrected chi connectivity index (χ0v) is 10.9. The molecule has 0 unspecified atom stereocenters. The Kier molecular flexibility index (Phi) is 6.08. The van der Waals surface area contributed by atoms with Crippen molar-refractivity contribution < 1.29 is 14.6 Å². The van der Waals surface area contributed by atoms with Crippen LogP contribution >= 0.6 is 11.6 Å². The van der Waals surface area contributed by atoms with Gasteiger partial charge in [0.2, 0.25) is 0 Å². The molecule has 0 saturated carbocycles. The number of aromatic nitrogens is 1. The molecule has 18 heavy (non-hydrogen) atoms. The molecule has 4 nitrogen and oxygen atoms in total. The molecule has 1 heterocycles. The molecule has 1 aromatic carbocycles. The number of benzene rings is 1. The highest BCUT2D eigenvalue weighted by atomic mass is 35.5. The predicted molar refractivity (Wildman–Crippen MR) is 72.4 cm³/mol. The minimum Gasteiger partial charge on any atom is -0.494 e. The predicted octanol–water partition coefficient (Wildman–Crippen LogP) is 3.27. The number of hydrogen-bond donors (Lipinski definition) is 2. The van der Waals surface area contributed by atoms with E-state index in [4.69, 9.17) is 26.2 Å². The van der Waals surface area contributed by atoms with Gasteiger partial charge in [-0.2, -0.15) is 0 Å². The standard InChI is InChI=1S/C11H12ClNO.C2H4O2/c12-5-1-7-14-10-2-3-11-9(8-10)4-6-13-11;1-2(3)4/h2-4,6,8,13H,1,5,7H2;1H3,(H,3,4). The molecule has 2 aromatic rings. The molecule has 0 amide bonds. The van der Waals surface area contributed by atoms with Crippen molar-refractivity contribution in [3.8, 4) is 5.75 Å². The van der Waals surface area contributed by atoms with Crippen molar-refractivity contribution in [1.29, 1.82) is 0 Å². The molecule has 0 bridgehead atoms. The molecule has 0 radical (unpaired) electrons. The maximum absolute atomic E-state index is 9.00. The number of ether oxygens (including phenoxy) is 1. The van der Waals surface area contributed by atoms with Gasteiger partial charge in [0, 0.05) is 29.9 Å². The lowest BCUT2D eigenvalue weighted by Crippen LogP contribution is -1.97. The summed E-state index contributed by atoms with van der Waals surface area (Å²) in [5.74, 6) is 0.717. The van der Waals surface area contributed by atoms with E-state index in [1.165, 1.54) is 5.39 Å². The minimum atomic E-state index is -0.833. The van der Waals surface area contributed by atoms with Crippen molar-refractivity contribution >= 4 is 28.5 Å². The van der Waals surface area contributed by atoms with Crippen LogP contribution in [-0.4, -0.2) is 28.5 Å². The maximum Gasteiger partial charge on any atom is 0.300 e. The number of carbonyl (C=O) groups is 1. The van der Waals surface area contributed by atoms with Crippen LogP contribution < -0.4 is 4.74 Å². The summed E-state index contributed by atoms with van der Waals surface area (Å²) in [5.41, 5.74) is 1.13. The van der Waals surface area contributed by atoms with E-state index in [1.807, 2.05) is 30.5 Å². The molecule has 0 aliphatic carbocycles. The lowest BCUT2D eigenvalue weighted by Gasteiger charge is -2.04. The Morgan fingerprint density at radius 1 is 1.44 bits per heavy atom. The molecule has 1 aromatic heterocycles. The Hall–Kier alpha value is -1.68. The fraction of sp³-hybridized carbons (Fsp3) is 0.308. The first kappa shape index (κ1) is 14.4. The molecule has 0 fully saturated rings. The number of aromatic amines is 1. The second-order valence-electron chi connectivity index (χ2n) is 3.64. The number of carboxylic acid groups (broad SMARTS) is 1. The lowest BCUT2D eigenvalue weighted by molar-refractivity contribution is -0.134. The zero-order chi connectivity index (χ0) is 13.4. The van der Waals surface area contributed by atoms with Crippen molar-refractivity contribution in [2.24, 2.45) is 0 Å². The highest BCUT2D eigenvalue weighted by Gasteiger charge is 1.97. The summed E-state index contributed by atoms with van der Waals surface area (Å²) >= 11 is 5.56. The Bertz CT molecular complexity index is 492. The largest absolute Gasteiger partial charge is 0.494 e. The topological polar surface area (TPSA) is 62.3 Å². The van der Waals surface area contributed by atoms with Crippen LogP contribution in [0.4, 0.5) is 0 Å². The summed E-state index contributed by atoms with van der Waals surface area (Å²) in [5, 5.41) is 8.59. The zero-order valence-electron chi connectivity index (χ0n) is 10.1. The normalized spacial score (nSPS) is 9.67. The van der Waals surface area contributed by atoms with Crippen molar-refractivity contribution in [1.82, 2.24) is 4.98 Å². The summed E-state index contributed by atoms with van der Waals surface area (Å²) in [6.07, 6.45) is 2.81. The lowest BCUT2D eigenvalue weighted by atomic mass is 10.2. The Morgan fingerprint density at radius 2 is 2.17 bits per heavy atom. The molecule has 98 valence electrons. The van der Waals surface area contributed by atoms with Crippen LogP contribution in [0.25, 0.3) is 10.9 Å². The van der Waals surface area contributed by atoms with E-state index in [0.29, 0.717) is 12.5 Å². The van der Waals surface area contributed by atoms with E-state index in [-0.39, 0.29) is 0 Å². The second-order valence-corrected chi connectivity index (χ2v) is 4.01. The van der Waals surface area contributed by atoms with Gasteiger partial charge in [-0.3, -0.25) is 4.79 Å². The third kappa shape index (κ3) is 5.10. The quantitative estimate of drug-likeness (QED) is 0.661. The molecule has 0 aliphatic rings. The Balaban J connectivity index is 0.000000357. The first-order chi connectivity index (χ1) is 8.63. The van der Waals surface area contributed by atoms with Crippen LogP contribution in [0.2, 0.25) is 0 Å². The molecule has 2 N–H and O–H groups in total. The number of alkyl halides is 1. The van der Waals surface area contributed by atoms with E-state index >= 15 is 0 Å². The summed E-state index contributed by atoms with van der Waals surface area (Å²) < 4.78 is 5.53. The fourth-order valence-corrected chi connectivity index (χ4v) is 1.47. The second kappa shape index (κ2) is 7.61. The van der Waals surface area contributed by atoms with Crippen molar-refractivity contribution in [2.45, 2.75) is 13.3 Å². The molecule has 0 saturated heterocycles. The average molecular weight is 270 g/mol. The van der Waals surface area contributed by atoms with Crippen molar-refractivity contribution in [3.05, 3.63) is 30.5 Å². The number of halogens is 1. The monoisotopic (exact) mass is 269 g/mol. The van der Waals surface area contributed by atoms with Crippen LogP contribution in [0, 0.1) is 0 Å². The molecular formula is C13H16ClNO3. The van der Waals surface area contributed by atoms with Crippen LogP contribution in [-0.2, 0) is 4.79 Å². The molecular weight excluding hydrogens is 254 g/mol. The van der Waals surface area contributed by atoms with E-state index < -0.39 is 5.97 Å². The van der Waals surface area contributed by atoms with Gasteiger partial charge < -0.3 is 14.8 Å². The van der Waals surface area contributed by atoms with Gasteiger partial charge in [0.25, 0.3) is 5.97 Å². The van der Waals surface area contributed by atoms with E-state index in [2.05, 4.69) is 4.98 Å². The van der Waals surface area contributed by atoms with Gasteiger partial charge in [-0.05, 0) is 30.7 Å². The van der Waals surface area contributed by atoms with Gasteiger partial charge in [0.05, 0.1) is 6.61 Å². The SMILES string of the molecule is CC(=O)O.ClCCCOc1ccc2[nH]ccc2c1. The number of H-pyrrole nitrogens is 1. The highest BCUT2D eigenvalue weighted by Crippen LogP contribution is 2.19. The van der Waals surface area contributed by atoms with Gasteiger partial charge in [-0.25, -0.2) is 0 Å². The molecule has 5 heteroatoms. The summed E-state index contributed by atoms with van der Waals surface area (Å²) in [6.45, 7) is 1.76. The van der Waals surface area contributed by atoms with Gasteiger partial charge in [0.1, 0.15) is 5.75 Å². The number of rotatable bonds is 4. The van der Waals surface area contributed by atoms with Gasteiger partial charge in [0.15, 0.2) is 0 Å². The number of nitrogens with one attached hydrogen (secondary N) is 1. The first-order valence-corrected chi connectivity index (χ1v) is 6.12. The maximum atomic E-state index is 9.00. The first-order valence-electron chi connectivity index (χ1n) is 5.59. The number of fused-ring (bicyclic) bond motifs is 1. The summed E-state index contributed by atoms with van der Waals surface area (Å²) in [7, 11) is 0. The van der Waals surface area contributed by atoms with Gasteiger partial charge in [-0.1, -0.05) is 0 Å². The average Bonchev–Trinajstić information content (AvgIpc) is 2.76. The third-order valence-electron chi connectivity index (χ3n) is 2.07. The van der Waals surface area contributed by atoms with Crippen LogP contribution in [0.15, 0.2) is 30.5 Å². The molecule has 0 atom stereocenters. The van der Waals surface area contributed by atoms with Gasteiger partial charge >= 0.3 is 0 Å². The van der Waals surface area contributed by atoms with Gasteiger partial charge in [-0.15, -0.1) is 11.6 Å². The Morgan fingerprint density at radius 3 is 2.83 bits per heavy atom. The van der Waals surface area contributed by atoms with Crippen molar-refractivity contribution in [3.63, 3.8) is 0 Å². The summed E-state index contributed by atoms with van der Waals surface area (Å²) in [6, 6.07) is 8.04. The van der Waals surface area contributed by atoms with Crippen LogP contribution in [0.1, 0.15) is 13.3 Å². The van der Waals surface area contributed by atoms with Crippen molar-refractivity contribution in [2.75, 3.05) is 12.5 Å². The van der Waals surface area contributed by atoms with Crippen LogP contribution in [0.3, 0.4) is 0 Å². The minimum absolute atomic E-state index is 0.645. The smallest absolute Gasteiger partial charge is 0.300 e. The number of aliphatic carboxylic acids is 1. The number of carboxylic acids is 1. The highest BCUT2D eigenvalue weighted by molar-refractivity contribution is 6.17. The third-order valence-corrected chi connectivity index (χ3v) is 2.34. The van der Waals surface area contributed by atoms with E-state index in [1.54, 1.807) is 0 Å². The summed E-state index contributed by atoms with van der Waals surface area (Å²) in [4.78, 5) is 12.1. The Labute approximate surface area is 111 Å². The van der Waals surface area contributed by atoms with Crippen LogP contribution in [0.5, 0.6) is 5.75 Å². The molecule has 2 rings (SSSR count). The van der Waals surface area contributed by atoms with E-state index in [0.717, 1.165) is 24.6 Å². The number of hydrogen-bond acceptors (Lipinski definition) is 2.